The standard InChI is InChI=1S/C13H24N2O4/c1-2-3-5-17-7-8-18-11-13(16)10-14-9-12-4-6-19-15-12/h4,6,13-14,16H,2-3,5,7-11H2,1H3. The summed E-state index contributed by atoms with van der Waals surface area (Å²) < 4.78 is 15.4. The van der Waals surface area contributed by atoms with Crippen LogP contribution in [0.15, 0.2) is 16.9 Å². The van der Waals surface area contributed by atoms with Gasteiger partial charge in [-0.25, -0.2) is 0 Å². The fourth-order valence-electron chi connectivity index (χ4n) is 1.44. The first-order valence-electron chi connectivity index (χ1n) is 6.76. The Morgan fingerprint density at radius 1 is 1.37 bits per heavy atom. The highest BCUT2D eigenvalue weighted by Gasteiger charge is 2.04. The highest BCUT2D eigenvalue weighted by molar-refractivity contribution is 4.94. The molecule has 0 aliphatic rings. The van der Waals surface area contributed by atoms with E-state index in [1.807, 2.05) is 0 Å². The summed E-state index contributed by atoms with van der Waals surface area (Å²) in [5.41, 5.74) is 0.817. The molecule has 1 heterocycles. The van der Waals surface area contributed by atoms with E-state index >= 15 is 0 Å². The Bertz CT molecular complexity index is 293. The summed E-state index contributed by atoms with van der Waals surface area (Å²) in [6.07, 6.45) is 3.21. The zero-order valence-corrected chi connectivity index (χ0v) is 11.5. The van der Waals surface area contributed by atoms with Gasteiger partial charge in [0, 0.05) is 25.8 Å². The second-order valence-corrected chi connectivity index (χ2v) is 4.32. The van der Waals surface area contributed by atoms with Crippen molar-refractivity contribution in [3.63, 3.8) is 0 Å². The highest BCUT2D eigenvalue weighted by atomic mass is 16.5. The fourth-order valence-corrected chi connectivity index (χ4v) is 1.44. The number of aliphatic hydroxyl groups excluding tert-OH is 1. The number of ether oxygens (including phenoxy) is 2. The summed E-state index contributed by atoms with van der Waals surface area (Å²) in [6.45, 7) is 5.35. The van der Waals surface area contributed by atoms with Gasteiger partial charge in [0.2, 0.25) is 0 Å². The van der Waals surface area contributed by atoms with Gasteiger partial charge in [-0.3, -0.25) is 0 Å². The molecule has 0 aliphatic heterocycles. The third-order valence-electron chi connectivity index (χ3n) is 2.50. The molecule has 1 rings (SSSR count). The van der Waals surface area contributed by atoms with Gasteiger partial charge in [0.1, 0.15) is 6.26 Å². The summed E-state index contributed by atoms with van der Waals surface area (Å²) >= 11 is 0. The summed E-state index contributed by atoms with van der Waals surface area (Å²) in [5, 5.41) is 16.5. The second kappa shape index (κ2) is 10.9. The molecule has 0 fully saturated rings. The van der Waals surface area contributed by atoms with Gasteiger partial charge in [-0.2, -0.15) is 0 Å². The van der Waals surface area contributed by atoms with Crippen LogP contribution in [0.3, 0.4) is 0 Å². The van der Waals surface area contributed by atoms with Crippen LogP contribution >= 0.6 is 0 Å². The molecule has 110 valence electrons. The van der Waals surface area contributed by atoms with Crippen LogP contribution in [0, 0.1) is 0 Å². The van der Waals surface area contributed by atoms with E-state index in [1.54, 1.807) is 6.07 Å². The van der Waals surface area contributed by atoms with E-state index in [9.17, 15) is 5.11 Å². The minimum atomic E-state index is -0.525. The topological polar surface area (TPSA) is 76.8 Å². The van der Waals surface area contributed by atoms with Gasteiger partial charge in [0.25, 0.3) is 0 Å². The molecule has 0 amide bonds. The minimum Gasteiger partial charge on any atom is -0.389 e. The van der Waals surface area contributed by atoms with Crippen molar-refractivity contribution >= 4 is 0 Å². The minimum absolute atomic E-state index is 0.308. The molecule has 0 radical (unpaired) electrons. The number of rotatable bonds is 12. The van der Waals surface area contributed by atoms with Crippen molar-refractivity contribution < 1.29 is 19.1 Å². The molecule has 0 aromatic carbocycles. The van der Waals surface area contributed by atoms with E-state index in [0.717, 1.165) is 25.1 Å². The van der Waals surface area contributed by atoms with Crippen molar-refractivity contribution in [2.24, 2.45) is 0 Å². The maximum absolute atomic E-state index is 9.65. The molecule has 0 saturated heterocycles. The predicted octanol–water partition coefficient (Wildman–Crippen LogP) is 0.958. The molecule has 6 heteroatoms. The van der Waals surface area contributed by atoms with Gasteiger partial charge in [-0.05, 0) is 6.42 Å². The molecular weight excluding hydrogens is 248 g/mol. The van der Waals surface area contributed by atoms with Crippen molar-refractivity contribution in [1.82, 2.24) is 10.5 Å². The van der Waals surface area contributed by atoms with Crippen molar-refractivity contribution in [2.45, 2.75) is 32.4 Å². The first-order chi connectivity index (χ1) is 9.33. The van der Waals surface area contributed by atoms with Gasteiger partial charge in [-0.1, -0.05) is 18.5 Å². The summed E-state index contributed by atoms with van der Waals surface area (Å²) in [4.78, 5) is 0. The number of unbranched alkanes of at least 4 members (excludes halogenated alkanes) is 1. The lowest BCUT2D eigenvalue weighted by Crippen LogP contribution is -2.30. The Balaban J connectivity index is 1.86. The van der Waals surface area contributed by atoms with Gasteiger partial charge in [0.15, 0.2) is 0 Å². The molecule has 6 nitrogen and oxygen atoms in total. The van der Waals surface area contributed by atoms with E-state index in [-0.39, 0.29) is 0 Å². The average molecular weight is 272 g/mol. The van der Waals surface area contributed by atoms with Crippen molar-refractivity contribution in [3.05, 3.63) is 18.0 Å². The summed E-state index contributed by atoms with van der Waals surface area (Å²) in [7, 11) is 0. The van der Waals surface area contributed by atoms with Gasteiger partial charge in [0.05, 0.1) is 31.6 Å². The zero-order chi connectivity index (χ0) is 13.8. The number of aromatic nitrogens is 1. The van der Waals surface area contributed by atoms with Crippen LogP contribution in [-0.2, 0) is 16.0 Å². The van der Waals surface area contributed by atoms with Crippen molar-refractivity contribution in [2.75, 3.05) is 33.0 Å². The molecule has 0 saturated carbocycles. The molecule has 1 aromatic heterocycles. The molecule has 19 heavy (non-hydrogen) atoms. The molecule has 0 spiro atoms. The van der Waals surface area contributed by atoms with Crippen molar-refractivity contribution in [3.8, 4) is 0 Å². The number of hydrogen-bond donors (Lipinski definition) is 2. The number of aliphatic hydroxyl groups is 1. The van der Waals surface area contributed by atoms with Crippen LogP contribution in [0.4, 0.5) is 0 Å². The third kappa shape index (κ3) is 8.72. The number of nitrogens with one attached hydrogen (secondary N) is 1. The van der Waals surface area contributed by atoms with E-state index in [0.29, 0.717) is 32.9 Å². The quantitative estimate of drug-likeness (QED) is 0.552. The Morgan fingerprint density at radius 3 is 2.95 bits per heavy atom. The van der Waals surface area contributed by atoms with Gasteiger partial charge >= 0.3 is 0 Å². The van der Waals surface area contributed by atoms with Crippen molar-refractivity contribution in [1.29, 1.82) is 0 Å². The van der Waals surface area contributed by atoms with Crippen LogP contribution in [0.1, 0.15) is 25.5 Å². The van der Waals surface area contributed by atoms with E-state index in [2.05, 4.69) is 17.4 Å². The molecular formula is C13H24N2O4. The maximum Gasteiger partial charge on any atom is 0.124 e. The first kappa shape index (κ1) is 16.1. The van der Waals surface area contributed by atoms with Crippen LogP contribution in [0.2, 0.25) is 0 Å². The maximum atomic E-state index is 9.65. The van der Waals surface area contributed by atoms with Crippen LogP contribution in [0.5, 0.6) is 0 Å². The van der Waals surface area contributed by atoms with E-state index in [4.69, 9.17) is 14.0 Å². The molecule has 0 bridgehead atoms. The summed E-state index contributed by atoms with van der Waals surface area (Å²) in [6, 6.07) is 1.78. The van der Waals surface area contributed by atoms with Gasteiger partial charge in [-0.15, -0.1) is 0 Å². The SMILES string of the molecule is CCCCOCCOCC(O)CNCc1ccon1. The van der Waals surface area contributed by atoms with Crippen LogP contribution < -0.4 is 5.32 Å². The number of nitrogens with zero attached hydrogens (tertiary/aromatic N) is 1. The predicted molar refractivity (Wildman–Crippen MR) is 70.8 cm³/mol. The first-order valence-corrected chi connectivity index (χ1v) is 6.76. The Hall–Kier alpha value is -0.950. The lowest BCUT2D eigenvalue weighted by atomic mass is 10.3. The average Bonchev–Trinajstić information content (AvgIpc) is 2.91. The second-order valence-electron chi connectivity index (χ2n) is 4.32. The molecule has 1 atom stereocenters. The smallest absolute Gasteiger partial charge is 0.124 e. The van der Waals surface area contributed by atoms with E-state index in [1.165, 1.54) is 6.26 Å². The fraction of sp³-hybridized carbons (Fsp3) is 0.769. The summed E-state index contributed by atoms with van der Waals surface area (Å²) in [5.74, 6) is 0. The third-order valence-corrected chi connectivity index (χ3v) is 2.50. The lowest BCUT2D eigenvalue weighted by Gasteiger charge is -2.11. The normalized spacial score (nSPS) is 12.7. The largest absolute Gasteiger partial charge is 0.389 e. The van der Waals surface area contributed by atoms with E-state index < -0.39 is 6.10 Å². The Labute approximate surface area is 114 Å². The lowest BCUT2D eigenvalue weighted by molar-refractivity contribution is 0.00382. The zero-order valence-electron chi connectivity index (χ0n) is 11.5. The molecule has 0 aliphatic carbocycles. The Morgan fingerprint density at radius 2 is 2.21 bits per heavy atom. The highest BCUT2D eigenvalue weighted by Crippen LogP contribution is 1.93. The monoisotopic (exact) mass is 272 g/mol. The number of hydrogen-bond acceptors (Lipinski definition) is 6. The van der Waals surface area contributed by atoms with Crippen LogP contribution in [0.25, 0.3) is 0 Å². The molecule has 2 N–H and O–H groups in total. The molecule has 1 unspecified atom stereocenters. The van der Waals surface area contributed by atoms with Crippen LogP contribution in [-0.4, -0.2) is 49.3 Å². The molecule has 1 aromatic rings. The Kier molecular flexibility index (Phi) is 9.26. The van der Waals surface area contributed by atoms with Gasteiger partial charge < -0.3 is 24.4 Å².